The molecule has 1 N–H and O–H groups in total. The smallest absolute Gasteiger partial charge is 0.264 e. The van der Waals surface area contributed by atoms with Crippen LogP contribution in [-0.2, 0) is 32.6 Å². The van der Waals surface area contributed by atoms with E-state index in [9.17, 15) is 18.0 Å². The number of benzene rings is 3. The number of anilines is 1. The van der Waals surface area contributed by atoms with Crippen LogP contribution >= 0.6 is 0 Å². The van der Waals surface area contributed by atoms with Crippen molar-refractivity contribution in [2.75, 3.05) is 10.8 Å². The van der Waals surface area contributed by atoms with E-state index in [1.807, 2.05) is 71.0 Å². The van der Waals surface area contributed by atoms with Gasteiger partial charge in [-0.25, -0.2) is 8.42 Å². The monoisotopic (exact) mass is 549 g/mol. The molecule has 39 heavy (non-hydrogen) atoms. The molecule has 0 heterocycles. The van der Waals surface area contributed by atoms with Crippen molar-refractivity contribution < 1.29 is 18.0 Å². The summed E-state index contributed by atoms with van der Waals surface area (Å²) in [5.41, 5.74) is 2.61. The van der Waals surface area contributed by atoms with Gasteiger partial charge in [-0.15, -0.1) is 0 Å². The van der Waals surface area contributed by atoms with Crippen LogP contribution in [0.1, 0.15) is 51.3 Å². The average molecular weight is 550 g/mol. The van der Waals surface area contributed by atoms with Crippen LogP contribution in [0.15, 0.2) is 83.8 Å². The van der Waals surface area contributed by atoms with E-state index >= 15 is 0 Å². The second-order valence-electron chi connectivity index (χ2n) is 10.7. The Kier molecular flexibility index (Phi) is 9.56. The quantitative estimate of drug-likeness (QED) is 0.382. The number of carbonyl (C=O) groups excluding carboxylic acids is 2. The summed E-state index contributed by atoms with van der Waals surface area (Å²) in [7, 11) is -4.09. The average Bonchev–Trinajstić information content (AvgIpc) is 2.90. The number of hydrogen-bond donors (Lipinski definition) is 1. The fourth-order valence-electron chi connectivity index (χ4n) is 4.31. The number of nitrogens with one attached hydrogen (secondary N) is 1. The van der Waals surface area contributed by atoms with Gasteiger partial charge in [-0.3, -0.25) is 13.9 Å². The normalized spacial score (nSPS) is 12.5. The molecule has 0 aromatic heterocycles. The molecule has 0 bridgehead atoms. The summed E-state index contributed by atoms with van der Waals surface area (Å²) in [6, 6.07) is 22.1. The van der Waals surface area contributed by atoms with Crippen molar-refractivity contribution in [2.24, 2.45) is 0 Å². The van der Waals surface area contributed by atoms with Crippen molar-refractivity contribution >= 4 is 27.5 Å². The largest absolute Gasteiger partial charge is 0.350 e. The van der Waals surface area contributed by atoms with Crippen LogP contribution in [0, 0.1) is 6.92 Å². The lowest BCUT2D eigenvalue weighted by Gasteiger charge is -2.34. The first-order valence-corrected chi connectivity index (χ1v) is 14.6. The van der Waals surface area contributed by atoms with Gasteiger partial charge in [0.15, 0.2) is 0 Å². The van der Waals surface area contributed by atoms with E-state index in [2.05, 4.69) is 5.32 Å². The Labute approximate surface area is 232 Å². The van der Waals surface area contributed by atoms with Gasteiger partial charge in [0.25, 0.3) is 10.0 Å². The van der Waals surface area contributed by atoms with Crippen LogP contribution in [0.2, 0.25) is 0 Å². The summed E-state index contributed by atoms with van der Waals surface area (Å²) < 4.78 is 29.0. The van der Waals surface area contributed by atoms with E-state index in [0.29, 0.717) is 12.1 Å². The van der Waals surface area contributed by atoms with Crippen molar-refractivity contribution in [2.45, 2.75) is 71.0 Å². The first-order chi connectivity index (χ1) is 18.3. The lowest BCUT2D eigenvalue weighted by molar-refractivity contribution is -0.140. The number of nitrogens with zero attached hydrogens (tertiary/aromatic N) is 2. The maximum Gasteiger partial charge on any atom is 0.264 e. The minimum atomic E-state index is -4.09. The molecule has 3 rings (SSSR count). The third-order valence-corrected chi connectivity index (χ3v) is 8.29. The summed E-state index contributed by atoms with van der Waals surface area (Å²) in [6.07, 6.45) is 0.586. The second-order valence-corrected chi connectivity index (χ2v) is 12.5. The number of para-hydroxylation sites is 1. The van der Waals surface area contributed by atoms with Gasteiger partial charge in [-0.05, 0) is 75.9 Å². The molecule has 8 heteroatoms. The van der Waals surface area contributed by atoms with Gasteiger partial charge in [-0.2, -0.15) is 0 Å². The van der Waals surface area contributed by atoms with Gasteiger partial charge in [-0.1, -0.05) is 67.6 Å². The van der Waals surface area contributed by atoms with Gasteiger partial charge in [0.2, 0.25) is 11.8 Å². The number of rotatable bonds is 10. The molecular weight excluding hydrogens is 510 g/mol. The summed E-state index contributed by atoms with van der Waals surface area (Å²) in [5, 5.41) is 2.95. The van der Waals surface area contributed by atoms with Crippen LogP contribution in [0.25, 0.3) is 0 Å². The predicted octanol–water partition coefficient (Wildman–Crippen LogP) is 5.08. The Bertz CT molecular complexity index is 1400. The third kappa shape index (κ3) is 7.47. The summed E-state index contributed by atoms with van der Waals surface area (Å²) in [4.78, 5) is 28.8. The maximum absolute atomic E-state index is 14.1. The van der Waals surface area contributed by atoms with Crippen molar-refractivity contribution in [1.82, 2.24) is 10.2 Å². The van der Waals surface area contributed by atoms with Crippen molar-refractivity contribution in [3.8, 4) is 0 Å². The Morgan fingerprint density at radius 3 is 2.03 bits per heavy atom. The van der Waals surface area contributed by atoms with Gasteiger partial charge in [0.1, 0.15) is 12.6 Å². The van der Waals surface area contributed by atoms with Crippen LogP contribution < -0.4 is 9.62 Å². The first kappa shape index (κ1) is 29.9. The minimum absolute atomic E-state index is 0.0904. The zero-order valence-corrected chi connectivity index (χ0v) is 24.5. The number of amides is 2. The molecule has 0 spiro atoms. The minimum Gasteiger partial charge on any atom is -0.350 e. The molecule has 1 atom stereocenters. The summed E-state index contributed by atoms with van der Waals surface area (Å²) >= 11 is 0. The van der Waals surface area contributed by atoms with Gasteiger partial charge < -0.3 is 10.2 Å². The molecule has 0 radical (unpaired) electrons. The molecule has 0 fully saturated rings. The molecule has 0 aliphatic rings. The maximum atomic E-state index is 14.1. The van der Waals surface area contributed by atoms with Crippen LogP contribution in [0.4, 0.5) is 5.69 Å². The molecule has 3 aromatic rings. The molecule has 2 amide bonds. The molecule has 0 aliphatic heterocycles. The van der Waals surface area contributed by atoms with Gasteiger partial charge in [0, 0.05) is 12.1 Å². The lowest BCUT2D eigenvalue weighted by Crippen LogP contribution is -2.54. The molecule has 0 saturated heterocycles. The Balaban J connectivity index is 2.08. The van der Waals surface area contributed by atoms with E-state index < -0.39 is 34.1 Å². The number of aryl methyl sites for hydroxylation is 2. The van der Waals surface area contributed by atoms with Crippen LogP contribution in [-0.4, -0.2) is 43.3 Å². The van der Waals surface area contributed by atoms with E-state index in [-0.39, 0.29) is 17.3 Å². The Hall–Kier alpha value is -3.65. The fraction of sp³-hybridized carbons (Fsp3) is 0.355. The Morgan fingerprint density at radius 2 is 1.44 bits per heavy atom. The second kappa shape index (κ2) is 12.5. The van der Waals surface area contributed by atoms with E-state index in [1.54, 1.807) is 37.3 Å². The molecule has 0 aliphatic carbocycles. The third-order valence-electron chi connectivity index (χ3n) is 6.52. The standard InChI is InChI=1S/C31H39N3O4S/c1-7-25-16-13-14-20-28(25)34(39(37,38)27-18-9-8-10-19-27)22-29(35)33(21-26-17-12-11-15-23(26)2)24(3)30(36)32-31(4,5)6/h8-20,24H,7,21-22H2,1-6H3,(H,32,36). The molecule has 7 nitrogen and oxygen atoms in total. The first-order valence-electron chi connectivity index (χ1n) is 13.2. The highest BCUT2D eigenvalue weighted by Gasteiger charge is 2.34. The highest BCUT2D eigenvalue weighted by Crippen LogP contribution is 2.28. The summed E-state index contributed by atoms with van der Waals surface area (Å²) in [5.74, 6) is -0.781. The van der Waals surface area contributed by atoms with E-state index in [0.717, 1.165) is 16.7 Å². The molecule has 3 aromatic carbocycles. The zero-order valence-electron chi connectivity index (χ0n) is 23.6. The molecule has 208 valence electrons. The lowest BCUT2D eigenvalue weighted by atomic mass is 10.1. The Morgan fingerprint density at radius 1 is 0.872 bits per heavy atom. The number of sulfonamides is 1. The molecule has 0 saturated carbocycles. The number of hydrogen-bond acceptors (Lipinski definition) is 4. The highest BCUT2D eigenvalue weighted by atomic mass is 32.2. The van der Waals surface area contributed by atoms with E-state index in [1.165, 1.54) is 21.3 Å². The highest BCUT2D eigenvalue weighted by molar-refractivity contribution is 7.92. The zero-order chi connectivity index (χ0) is 28.8. The van der Waals surface area contributed by atoms with Crippen molar-refractivity contribution in [3.63, 3.8) is 0 Å². The number of carbonyl (C=O) groups is 2. The molecule has 1 unspecified atom stereocenters. The van der Waals surface area contributed by atoms with Crippen LogP contribution in [0.5, 0.6) is 0 Å². The van der Waals surface area contributed by atoms with Crippen molar-refractivity contribution in [3.05, 3.63) is 95.6 Å². The topological polar surface area (TPSA) is 86.8 Å². The fourth-order valence-corrected chi connectivity index (χ4v) is 5.79. The summed E-state index contributed by atoms with van der Waals surface area (Å²) in [6.45, 7) is 10.9. The SMILES string of the molecule is CCc1ccccc1N(CC(=O)N(Cc1ccccc1C)C(C)C(=O)NC(C)(C)C)S(=O)(=O)c1ccccc1. The van der Waals surface area contributed by atoms with Crippen LogP contribution in [0.3, 0.4) is 0 Å². The molecular formula is C31H39N3O4S. The van der Waals surface area contributed by atoms with E-state index in [4.69, 9.17) is 0 Å². The van der Waals surface area contributed by atoms with Gasteiger partial charge >= 0.3 is 0 Å². The predicted molar refractivity (Wildman–Crippen MR) is 156 cm³/mol. The van der Waals surface area contributed by atoms with Gasteiger partial charge in [0.05, 0.1) is 10.6 Å². The van der Waals surface area contributed by atoms with Crippen molar-refractivity contribution in [1.29, 1.82) is 0 Å².